The molecule has 0 fully saturated rings. The van der Waals surface area contributed by atoms with Crippen molar-refractivity contribution in [2.45, 2.75) is 32.8 Å². The zero-order valence-corrected chi connectivity index (χ0v) is 8.82. The number of aliphatic hydroxyl groups is 2. The summed E-state index contributed by atoms with van der Waals surface area (Å²) in [6, 6.07) is 9.52. The molecule has 2 N–H and O–H groups in total. The molecule has 0 radical (unpaired) electrons. The second kappa shape index (κ2) is 10.2. The molecule has 14 heavy (non-hydrogen) atoms. The van der Waals surface area contributed by atoms with Gasteiger partial charge in [0.05, 0.1) is 6.61 Å². The fourth-order valence-corrected chi connectivity index (χ4v) is 0.945. The number of benzene rings is 1. The topological polar surface area (TPSA) is 40.5 Å². The predicted molar refractivity (Wildman–Crippen MR) is 59.0 cm³/mol. The monoisotopic (exact) mass is 196 g/mol. The van der Waals surface area contributed by atoms with Gasteiger partial charge in [-0.25, -0.2) is 0 Å². The summed E-state index contributed by atoms with van der Waals surface area (Å²) >= 11 is 0. The SMILES string of the molecule is CCCCCO.OCc1ccccc1. The van der Waals surface area contributed by atoms with Crippen LogP contribution < -0.4 is 0 Å². The molecule has 2 nitrogen and oxygen atoms in total. The second-order valence-electron chi connectivity index (χ2n) is 3.07. The van der Waals surface area contributed by atoms with Crippen molar-refractivity contribution >= 4 is 0 Å². The number of rotatable bonds is 4. The molecule has 0 amide bonds. The first kappa shape index (κ1) is 13.1. The molecule has 0 saturated carbocycles. The maximum atomic E-state index is 8.54. The summed E-state index contributed by atoms with van der Waals surface area (Å²) in [5, 5.41) is 16.7. The lowest BCUT2D eigenvalue weighted by atomic mass is 10.2. The Bertz CT molecular complexity index is 193. The highest BCUT2D eigenvalue weighted by atomic mass is 16.3. The summed E-state index contributed by atoms with van der Waals surface area (Å²) in [5.74, 6) is 0. The zero-order chi connectivity index (χ0) is 10.6. The van der Waals surface area contributed by atoms with Crippen LogP contribution in [-0.4, -0.2) is 16.8 Å². The van der Waals surface area contributed by atoms with E-state index in [0.717, 1.165) is 18.4 Å². The summed E-state index contributed by atoms with van der Waals surface area (Å²) in [7, 11) is 0. The van der Waals surface area contributed by atoms with Gasteiger partial charge in [0.25, 0.3) is 0 Å². The molecular formula is C12H20O2. The van der Waals surface area contributed by atoms with Crippen LogP contribution in [0.3, 0.4) is 0 Å². The Hall–Kier alpha value is -0.860. The van der Waals surface area contributed by atoms with E-state index in [2.05, 4.69) is 6.92 Å². The van der Waals surface area contributed by atoms with Gasteiger partial charge in [-0.2, -0.15) is 0 Å². The molecule has 0 bridgehead atoms. The molecule has 0 heterocycles. The molecule has 1 rings (SSSR count). The van der Waals surface area contributed by atoms with E-state index in [-0.39, 0.29) is 6.61 Å². The summed E-state index contributed by atoms with van der Waals surface area (Å²) in [6.07, 6.45) is 3.33. The smallest absolute Gasteiger partial charge is 0.0681 e. The number of aliphatic hydroxyl groups excluding tert-OH is 2. The van der Waals surface area contributed by atoms with Gasteiger partial charge in [-0.3, -0.25) is 0 Å². The molecule has 0 aromatic heterocycles. The molecule has 80 valence electrons. The van der Waals surface area contributed by atoms with Crippen LogP contribution in [0.5, 0.6) is 0 Å². The minimum Gasteiger partial charge on any atom is -0.396 e. The quantitative estimate of drug-likeness (QED) is 0.726. The van der Waals surface area contributed by atoms with Gasteiger partial charge >= 0.3 is 0 Å². The maximum Gasteiger partial charge on any atom is 0.0681 e. The van der Waals surface area contributed by atoms with Crippen LogP contribution in [-0.2, 0) is 6.61 Å². The van der Waals surface area contributed by atoms with E-state index >= 15 is 0 Å². The third kappa shape index (κ3) is 7.77. The number of hydrogen-bond acceptors (Lipinski definition) is 2. The molecule has 0 unspecified atom stereocenters. The maximum absolute atomic E-state index is 8.54. The molecule has 1 aromatic carbocycles. The highest BCUT2D eigenvalue weighted by Gasteiger charge is 1.81. The van der Waals surface area contributed by atoms with Crippen molar-refractivity contribution < 1.29 is 10.2 Å². The van der Waals surface area contributed by atoms with Gasteiger partial charge in [-0.15, -0.1) is 0 Å². The minimum absolute atomic E-state index is 0.140. The van der Waals surface area contributed by atoms with Crippen molar-refractivity contribution in [3.05, 3.63) is 35.9 Å². The molecule has 0 aliphatic carbocycles. The zero-order valence-electron chi connectivity index (χ0n) is 8.82. The van der Waals surface area contributed by atoms with Crippen molar-refractivity contribution in [2.24, 2.45) is 0 Å². The first-order chi connectivity index (χ1) is 6.85. The average molecular weight is 196 g/mol. The van der Waals surface area contributed by atoms with Gasteiger partial charge in [0.2, 0.25) is 0 Å². The van der Waals surface area contributed by atoms with Gasteiger partial charge < -0.3 is 10.2 Å². The Morgan fingerprint density at radius 3 is 1.93 bits per heavy atom. The third-order valence-corrected chi connectivity index (χ3v) is 1.79. The van der Waals surface area contributed by atoms with Gasteiger partial charge in [-0.1, -0.05) is 50.1 Å². The van der Waals surface area contributed by atoms with Crippen LogP contribution in [0.15, 0.2) is 30.3 Å². The lowest BCUT2D eigenvalue weighted by Crippen LogP contribution is -1.78. The molecule has 0 aliphatic heterocycles. The van der Waals surface area contributed by atoms with Crippen molar-refractivity contribution in [3.63, 3.8) is 0 Å². The normalized spacial score (nSPS) is 9.07. The largest absolute Gasteiger partial charge is 0.396 e. The van der Waals surface area contributed by atoms with Crippen LogP contribution in [0.25, 0.3) is 0 Å². The molecule has 0 spiro atoms. The fraction of sp³-hybridized carbons (Fsp3) is 0.500. The van der Waals surface area contributed by atoms with E-state index < -0.39 is 0 Å². The highest BCUT2D eigenvalue weighted by Crippen LogP contribution is 1.95. The Morgan fingerprint density at radius 1 is 1.00 bits per heavy atom. The van der Waals surface area contributed by atoms with Crippen LogP contribution in [0, 0.1) is 0 Å². The van der Waals surface area contributed by atoms with E-state index in [1.54, 1.807) is 0 Å². The van der Waals surface area contributed by atoms with Crippen molar-refractivity contribution in [1.29, 1.82) is 0 Å². The highest BCUT2D eigenvalue weighted by molar-refractivity contribution is 5.12. The van der Waals surface area contributed by atoms with Crippen LogP contribution in [0.2, 0.25) is 0 Å². The number of unbranched alkanes of at least 4 members (excludes halogenated alkanes) is 2. The summed E-state index contributed by atoms with van der Waals surface area (Å²) in [4.78, 5) is 0. The summed E-state index contributed by atoms with van der Waals surface area (Å²) in [5.41, 5.74) is 0.965. The Labute approximate surface area is 86.2 Å². The second-order valence-corrected chi connectivity index (χ2v) is 3.07. The summed E-state index contributed by atoms with van der Waals surface area (Å²) in [6.45, 7) is 2.62. The first-order valence-corrected chi connectivity index (χ1v) is 5.10. The predicted octanol–water partition coefficient (Wildman–Crippen LogP) is 2.35. The van der Waals surface area contributed by atoms with Gasteiger partial charge in [-0.05, 0) is 12.0 Å². The average Bonchev–Trinajstić information content (AvgIpc) is 2.28. The van der Waals surface area contributed by atoms with Crippen molar-refractivity contribution in [1.82, 2.24) is 0 Å². The van der Waals surface area contributed by atoms with Crippen LogP contribution in [0.4, 0.5) is 0 Å². The molecule has 0 aliphatic rings. The lowest BCUT2D eigenvalue weighted by Gasteiger charge is -1.89. The van der Waals surface area contributed by atoms with Crippen LogP contribution >= 0.6 is 0 Å². The van der Waals surface area contributed by atoms with Crippen LogP contribution in [0.1, 0.15) is 31.7 Å². The Balaban J connectivity index is 0.000000255. The fourth-order valence-electron chi connectivity index (χ4n) is 0.945. The van der Waals surface area contributed by atoms with Gasteiger partial charge in [0.1, 0.15) is 0 Å². The standard InChI is InChI=1S/C7H8O.C5H12O/c8-6-7-4-2-1-3-5-7;1-2-3-4-5-6/h1-5,8H,6H2;6H,2-5H2,1H3. The minimum atomic E-state index is 0.140. The Morgan fingerprint density at radius 2 is 1.64 bits per heavy atom. The summed E-state index contributed by atoms with van der Waals surface area (Å²) < 4.78 is 0. The molecule has 2 heteroatoms. The molecule has 0 saturated heterocycles. The lowest BCUT2D eigenvalue weighted by molar-refractivity contribution is 0.282. The van der Waals surface area contributed by atoms with E-state index in [4.69, 9.17) is 10.2 Å². The van der Waals surface area contributed by atoms with E-state index in [1.165, 1.54) is 6.42 Å². The van der Waals surface area contributed by atoms with E-state index in [0.29, 0.717) is 6.61 Å². The Kier molecular flexibility index (Phi) is 9.59. The van der Waals surface area contributed by atoms with Gasteiger partial charge in [0.15, 0.2) is 0 Å². The van der Waals surface area contributed by atoms with E-state index in [1.807, 2.05) is 30.3 Å². The van der Waals surface area contributed by atoms with E-state index in [9.17, 15) is 0 Å². The van der Waals surface area contributed by atoms with Crippen molar-refractivity contribution in [3.8, 4) is 0 Å². The molecule has 1 aromatic rings. The number of hydrogen-bond donors (Lipinski definition) is 2. The third-order valence-electron chi connectivity index (χ3n) is 1.79. The molecule has 0 atom stereocenters. The van der Waals surface area contributed by atoms with Gasteiger partial charge in [0, 0.05) is 6.61 Å². The molecular weight excluding hydrogens is 176 g/mol. The first-order valence-electron chi connectivity index (χ1n) is 5.10. The van der Waals surface area contributed by atoms with Crippen molar-refractivity contribution in [2.75, 3.05) is 6.61 Å².